The van der Waals surface area contributed by atoms with E-state index < -0.39 is 0 Å². The zero-order chi connectivity index (χ0) is 14.7. The highest BCUT2D eigenvalue weighted by Gasteiger charge is 2.25. The molecular weight excluding hydrogens is 256 g/mol. The van der Waals surface area contributed by atoms with Gasteiger partial charge in [-0.1, -0.05) is 6.07 Å². The van der Waals surface area contributed by atoms with Crippen LogP contribution in [0.3, 0.4) is 0 Å². The standard InChI is InChI=1S/C15H20N2O3/c1-11-4-5-13(10-12(11)2)14(18)16-6-8-17(9-7-16)15(19)20-3/h4-5,10H,6-9H2,1-3H3. The van der Waals surface area contributed by atoms with Gasteiger partial charge in [-0.15, -0.1) is 0 Å². The second-order valence-corrected chi connectivity index (χ2v) is 5.05. The number of hydrogen-bond acceptors (Lipinski definition) is 3. The maximum Gasteiger partial charge on any atom is 0.409 e. The fourth-order valence-corrected chi connectivity index (χ4v) is 2.28. The normalized spacial score (nSPS) is 15.2. The lowest BCUT2D eigenvalue weighted by Gasteiger charge is -2.33. The molecule has 0 atom stereocenters. The van der Waals surface area contributed by atoms with Crippen molar-refractivity contribution in [3.8, 4) is 0 Å². The molecule has 5 nitrogen and oxygen atoms in total. The SMILES string of the molecule is COC(=O)N1CCN(C(=O)c2ccc(C)c(C)c2)CC1. The minimum atomic E-state index is -0.330. The molecule has 0 spiro atoms. The highest BCUT2D eigenvalue weighted by molar-refractivity contribution is 5.94. The summed E-state index contributed by atoms with van der Waals surface area (Å²) in [6, 6.07) is 5.75. The molecule has 1 aliphatic heterocycles. The summed E-state index contributed by atoms with van der Waals surface area (Å²) in [7, 11) is 1.37. The fourth-order valence-electron chi connectivity index (χ4n) is 2.28. The summed E-state index contributed by atoms with van der Waals surface area (Å²) in [6.07, 6.45) is -0.330. The molecule has 1 aromatic carbocycles. The maximum absolute atomic E-state index is 12.4. The van der Waals surface area contributed by atoms with Gasteiger partial charge in [-0.05, 0) is 37.1 Å². The van der Waals surface area contributed by atoms with Gasteiger partial charge >= 0.3 is 6.09 Å². The Balaban J connectivity index is 2.01. The van der Waals surface area contributed by atoms with E-state index in [1.54, 1.807) is 9.80 Å². The van der Waals surface area contributed by atoms with E-state index in [-0.39, 0.29) is 12.0 Å². The minimum absolute atomic E-state index is 0.0256. The van der Waals surface area contributed by atoms with Crippen molar-refractivity contribution < 1.29 is 14.3 Å². The lowest BCUT2D eigenvalue weighted by atomic mass is 10.1. The quantitative estimate of drug-likeness (QED) is 0.786. The predicted octanol–water partition coefficient (Wildman–Crippen LogP) is 1.83. The highest BCUT2D eigenvalue weighted by atomic mass is 16.5. The third-order valence-corrected chi connectivity index (χ3v) is 3.75. The Labute approximate surface area is 119 Å². The van der Waals surface area contributed by atoms with Crippen molar-refractivity contribution in [1.82, 2.24) is 9.80 Å². The molecule has 108 valence electrons. The van der Waals surface area contributed by atoms with Gasteiger partial charge < -0.3 is 14.5 Å². The largest absolute Gasteiger partial charge is 0.453 e. The van der Waals surface area contributed by atoms with Crippen LogP contribution in [0.2, 0.25) is 0 Å². The number of rotatable bonds is 1. The number of carbonyl (C=O) groups is 2. The number of methoxy groups -OCH3 is 1. The Kier molecular flexibility index (Phi) is 4.27. The zero-order valence-electron chi connectivity index (χ0n) is 12.2. The van der Waals surface area contributed by atoms with Gasteiger partial charge in [-0.3, -0.25) is 4.79 Å². The lowest BCUT2D eigenvalue weighted by Crippen LogP contribution is -2.50. The van der Waals surface area contributed by atoms with Crippen LogP contribution in [0.25, 0.3) is 0 Å². The number of aryl methyl sites for hydroxylation is 2. The van der Waals surface area contributed by atoms with E-state index in [0.717, 1.165) is 5.56 Å². The average molecular weight is 276 g/mol. The van der Waals surface area contributed by atoms with Gasteiger partial charge in [0.15, 0.2) is 0 Å². The molecule has 5 heteroatoms. The van der Waals surface area contributed by atoms with E-state index >= 15 is 0 Å². The van der Waals surface area contributed by atoms with Crippen LogP contribution in [0.1, 0.15) is 21.5 Å². The third-order valence-electron chi connectivity index (χ3n) is 3.75. The molecule has 2 amide bonds. The topological polar surface area (TPSA) is 49.9 Å². The van der Waals surface area contributed by atoms with Gasteiger partial charge in [-0.25, -0.2) is 4.79 Å². The number of hydrogen-bond donors (Lipinski definition) is 0. The van der Waals surface area contributed by atoms with Gasteiger partial charge in [0.2, 0.25) is 0 Å². The molecule has 2 rings (SSSR count). The van der Waals surface area contributed by atoms with Crippen LogP contribution in [0.15, 0.2) is 18.2 Å². The Bertz CT molecular complexity index is 520. The van der Waals surface area contributed by atoms with Crippen molar-refractivity contribution in [2.75, 3.05) is 33.3 Å². The van der Waals surface area contributed by atoms with E-state index in [0.29, 0.717) is 31.7 Å². The molecular formula is C15H20N2O3. The van der Waals surface area contributed by atoms with Crippen LogP contribution in [-0.2, 0) is 4.74 Å². The number of nitrogens with zero attached hydrogens (tertiary/aromatic N) is 2. The third kappa shape index (κ3) is 2.92. The van der Waals surface area contributed by atoms with Crippen molar-refractivity contribution in [2.45, 2.75) is 13.8 Å². The summed E-state index contributed by atoms with van der Waals surface area (Å²) in [5.41, 5.74) is 3.00. The van der Waals surface area contributed by atoms with E-state index in [1.165, 1.54) is 12.7 Å². The molecule has 0 aliphatic carbocycles. The molecule has 1 saturated heterocycles. The molecule has 20 heavy (non-hydrogen) atoms. The van der Waals surface area contributed by atoms with Crippen LogP contribution in [0, 0.1) is 13.8 Å². The fraction of sp³-hybridized carbons (Fsp3) is 0.467. The number of amides is 2. The van der Waals surface area contributed by atoms with Gasteiger partial charge in [0.05, 0.1) is 7.11 Å². The van der Waals surface area contributed by atoms with Crippen molar-refractivity contribution in [3.05, 3.63) is 34.9 Å². The molecule has 0 unspecified atom stereocenters. The molecule has 1 fully saturated rings. The minimum Gasteiger partial charge on any atom is -0.453 e. The van der Waals surface area contributed by atoms with E-state index in [1.807, 2.05) is 32.0 Å². The number of benzene rings is 1. The van der Waals surface area contributed by atoms with Crippen molar-refractivity contribution >= 4 is 12.0 Å². The number of piperazine rings is 1. The number of carbonyl (C=O) groups excluding carboxylic acids is 2. The predicted molar refractivity (Wildman–Crippen MR) is 75.8 cm³/mol. The summed E-state index contributed by atoms with van der Waals surface area (Å²) < 4.78 is 4.68. The van der Waals surface area contributed by atoms with Crippen LogP contribution in [0.4, 0.5) is 4.79 Å². The Morgan fingerprint density at radius 1 is 1.00 bits per heavy atom. The summed E-state index contributed by atoms with van der Waals surface area (Å²) in [4.78, 5) is 27.2. The molecule has 0 aromatic heterocycles. The van der Waals surface area contributed by atoms with Gasteiger partial charge in [-0.2, -0.15) is 0 Å². The molecule has 1 aromatic rings. The van der Waals surface area contributed by atoms with Crippen LogP contribution in [-0.4, -0.2) is 55.1 Å². The first kappa shape index (κ1) is 14.4. The first-order chi connectivity index (χ1) is 9.52. The first-order valence-electron chi connectivity index (χ1n) is 6.72. The van der Waals surface area contributed by atoms with Crippen molar-refractivity contribution in [1.29, 1.82) is 0 Å². The van der Waals surface area contributed by atoms with Crippen LogP contribution in [0.5, 0.6) is 0 Å². The van der Waals surface area contributed by atoms with Gasteiger partial charge in [0.1, 0.15) is 0 Å². The lowest BCUT2D eigenvalue weighted by molar-refractivity contribution is 0.0599. The molecule has 0 bridgehead atoms. The average Bonchev–Trinajstić information content (AvgIpc) is 2.48. The molecule has 1 heterocycles. The summed E-state index contributed by atoms with van der Waals surface area (Å²) >= 11 is 0. The highest BCUT2D eigenvalue weighted by Crippen LogP contribution is 2.13. The zero-order valence-corrected chi connectivity index (χ0v) is 12.2. The van der Waals surface area contributed by atoms with Crippen molar-refractivity contribution in [3.63, 3.8) is 0 Å². The summed E-state index contributed by atoms with van der Waals surface area (Å²) in [5, 5.41) is 0. The summed E-state index contributed by atoms with van der Waals surface area (Å²) in [6.45, 7) is 6.15. The smallest absolute Gasteiger partial charge is 0.409 e. The van der Waals surface area contributed by atoms with Gasteiger partial charge in [0.25, 0.3) is 5.91 Å². The van der Waals surface area contributed by atoms with E-state index in [9.17, 15) is 9.59 Å². The molecule has 0 radical (unpaired) electrons. The van der Waals surface area contributed by atoms with E-state index in [2.05, 4.69) is 4.74 Å². The van der Waals surface area contributed by atoms with Gasteiger partial charge in [0, 0.05) is 31.7 Å². The Morgan fingerprint density at radius 3 is 2.15 bits per heavy atom. The van der Waals surface area contributed by atoms with Crippen LogP contribution >= 0.6 is 0 Å². The maximum atomic E-state index is 12.4. The monoisotopic (exact) mass is 276 g/mol. The molecule has 1 aliphatic rings. The Morgan fingerprint density at radius 2 is 1.60 bits per heavy atom. The number of ether oxygens (including phenoxy) is 1. The van der Waals surface area contributed by atoms with E-state index in [4.69, 9.17) is 0 Å². The molecule has 0 saturated carbocycles. The summed E-state index contributed by atoms with van der Waals surface area (Å²) in [5.74, 6) is 0.0256. The first-order valence-corrected chi connectivity index (χ1v) is 6.72. The second-order valence-electron chi connectivity index (χ2n) is 5.05. The van der Waals surface area contributed by atoms with Crippen LogP contribution < -0.4 is 0 Å². The second kappa shape index (κ2) is 5.94. The Hall–Kier alpha value is -2.04. The molecule has 0 N–H and O–H groups in total. The van der Waals surface area contributed by atoms with Crippen molar-refractivity contribution in [2.24, 2.45) is 0 Å².